The van der Waals surface area contributed by atoms with Crippen molar-refractivity contribution in [2.45, 2.75) is 11.6 Å². The Bertz CT molecular complexity index is 987. The number of hydrogen-bond acceptors (Lipinski definition) is 6. The van der Waals surface area contributed by atoms with Crippen LogP contribution in [0.1, 0.15) is 27.1 Å². The highest BCUT2D eigenvalue weighted by Crippen LogP contribution is 2.24. The van der Waals surface area contributed by atoms with Gasteiger partial charge in [0.15, 0.2) is 0 Å². The van der Waals surface area contributed by atoms with Crippen LogP contribution in [0, 0.1) is 5.82 Å². The van der Waals surface area contributed by atoms with E-state index in [1.807, 2.05) is 0 Å². The van der Waals surface area contributed by atoms with E-state index >= 15 is 0 Å². The van der Waals surface area contributed by atoms with Gasteiger partial charge >= 0.3 is 0 Å². The van der Waals surface area contributed by atoms with E-state index in [0.717, 1.165) is 0 Å². The van der Waals surface area contributed by atoms with Crippen LogP contribution < -0.4 is 0 Å². The third-order valence-electron chi connectivity index (χ3n) is 4.13. The molecule has 1 aliphatic rings. The summed E-state index contributed by atoms with van der Waals surface area (Å²) in [5.41, 5.74) is 1.43. The normalized spacial score (nSPS) is 13.3. The van der Waals surface area contributed by atoms with Crippen molar-refractivity contribution in [3.05, 3.63) is 65.5 Å². The minimum absolute atomic E-state index is 0.259. The largest absolute Gasteiger partial charge is 0.274 e. The van der Waals surface area contributed by atoms with Crippen LogP contribution in [0.15, 0.2) is 53.7 Å². The second kappa shape index (κ2) is 7.28. The lowest BCUT2D eigenvalue weighted by atomic mass is 10.1. The van der Waals surface area contributed by atoms with Gasteiger partial charge in [0.05, 0.1) is 16.8 Å². The van der Waals surface area contributed by atoms with Crippen molar-refractivity contribution >= 4 is 23.6 Å². The van der Waals surface area contributed by atoms with Crippen molar-refractivity contribution in [3.63, 3.8) is 0 Å². The van der Waals surface area contributed by atoms with Gasteiger partial charge in [-0.25, -0.2) is 4.39 Å². The van der Waals surface area contributed by atoms with Crippen molar-refractivity contribution in [1.82, 2.24) is 25.1 Å². The summed E-state index contributed by atoms with van der Waals surface area (Å²) in [5, 5.41) is 12.0. The Kier molecular flexibility index (Phi) is 4.68. The Balaban J connectivity index is 1.36. The zero-order chi connectivity index (χ0) is 18.8. The van der Waals surface area contributed by atoms with Gasteiger partial charge in [-0.3, -0.25) is 14.5 Å². The highest BCUT2D eigenvalue weighted by Gasteiger charge is 2.34. The molecule has 0 fully saturated rings. The zero-order valence-corrected chi connectivity index (χ0v) is 14.9. The number of imide groups is 1. The zero-order valence-electron chi connectivity index (χ0n) is 14.1. The van der Waals surface area contributed by atoms with E-state index in [2.05, 4.69) is 15.5 Å². The Morgan fingerprint density at radius 1 is 1.00 bits per heavy atom. The molecule has 1 aliphatic heterocycles. The van der Waals surface area contributed by atoms with Gasteiger partial charge < -0.3 is 0 Å². The van der Waals surface area contributed by atoms with Crippen LogP contribution in [-0.2, 0) is 0 Å². The molecular formula is C18H14FN5O2S. The topological polar surface area (TPSA) is 81.0 Å². The average molecular weight is 383 g/mol. The highest BCUT2D eigenvalue weighted by atomic mass is 32.2. The fraction of sp³-hybridized carbons (Fsp3) is 0.167. The van der Waals surface area contributed by atoms with Gasteiger partial charge in [0.2, 0.25) is 5.16 Å². The van der Waals surface area contributed by atoms with Crippen LogP contribution in [0.2, 0.25) is 0 Å². The van der Waals surface area contributed by atoms with Gasteiger partial charge in [0.25, 0.3) is 11.8 Å². The van der Waals surface area contributed by atoms with Gasteiger partial charge in [-0.05, 0) is 47.2 Å². The molecule has 0 saturated heterocycles. The van der Waals surface area contributed by atoms with Crippen molar-refractivity contribution < 1.29 is 14.0 Å². The maximum atomic E-state index is 13.4. The minimum atomic E-state index is -0.371. The Morgan fingerprint density at radius 2 is 1.74 bits per heavy atom. The summed E-state index contributed by atoms with van der Waals surface area (Å²) in [6, 6.07) is 12.8. The van der Waals surface area contributed by atoms with E-state index in [4.69, 9.17) is 0 Å². The second-order valence-corrected chi connectivity index (χ2v) is 6.92. The van der Waals surface area contributed by atoms with E-state index in [1.54, 1.807) is 36.4 Å². The first-order valence-electron chi connectivity index (χ1n) is 8.27. The first-order valence-corrected chi connectivity index (χ1v) is 9.26. The number of carbonyl (C=O) groups is 2. The summed E-state index contributed by atoms with van der Waals surface area (Å²) >= 11 is 1.38. The number of rotatable bonds is 6. The number of benzene rings is 2. The highest BCUT2D eigenvalue weighted by molar-refractivity contribution is 7.99. The number of nitrogens with zero attached hydrogens (tertiary/aromatic N) is 5. The fourth-order valence-corrected chi connectivity index (χ4v) is 3.68. The van der Waals surface area contributed by atoms with E-state index in [1.165, 1.54) is 33.5 Å². The molecule has 0 bridgehead atoms. The van der Waals surface area contributed by atoms with Crippen molar-refractivity contribution in [2.24, 2.45) is 0 Å². The predicted molar refractivity (Wildman–Crippen MR) is 96.3 cm³/mol. The molecule has 3 aromatic rings. The minimum Gasteiger partial charge on any atom is -0.274 e. The summed E-state index contributed by atoms with van der Waals surface area (Å²) in [6.45, 7) is 0.320. The number of fused-ring (bicyclic) bond motifs is 1. The maximum Gasteiger partial charge on any atom is 0.261 e. The lowest BCUT2D eigenvalue weighted by Crippen LogP contribution is -2.31. The molecule has 0 radical (unpaired) electrons. The number of tetrazole rings is 1. The van der Waals surface area contributed by atoms with Crippen LogP contribution in [0.4, 0.5) is 4.39 Å². The molecule has 27 heavy (non-hydrogen) atoms. The summed E-state index contributed by atoms with van der Waals surface area (Å²) in [4.78, 5) is 25.9. The Labute approximate surface area is 158 Å². The molecule has 2 aromatic carbocycles. The quantitative estimate of drug-likeness (QED) is 0.370. The molecule has 7 nitrogen and oxygen atoms in total. The molecule has 0 unspecified atom stereocenters. The molecule has 2 heterocycles. The smallest absolute Gasteiger partial charge is 0.261 e. The first kappa shape index (κ1) is 17.3. The van der Waals surface area contributed by atoms with E-state index in [0.29, 0.717) is 40.7 Å². The van der Waals surface area contributed by atoms with Crippen LogP contribution in [0.3, 0.4) is 0 Å². The molecule has 4 rings (SSSR count). The monoisotopic (exact) mass is 383 g/mol. The molecular weight excluding hydrogens is 369 g/mol. The molecule has 1 aromatic heterocycles. The summed E-state index contributed by atoms with van der Waals surface area (Å²) in [6.07, 6.45) is 0.589. The third-order valence-corrected chi connectivity index (χ3v) is 5.13. The SMILES string of the molecule is O=C1c2ccccc2C(=O)N1CCCSc1nnnn1-c1cccc(F)c1. The average Bonchev–Trinajstić information content (AvgIpc) is 3.24. The van der Waals surface area contributed by atoms with Gasteiger partial charge in [-0.1, -0.05) is 30.0 Å². The van der Waals surface area contributed by atoms with Gasteiger partial charge in [0.1, 0.15) is 5.82 Å². The van der Waals surface area contributed by atoms with Gasteiger partial charge in [-0.15, -0.1) is 5.10 Å². The number of aromatic nitrogens is 4. The fourth-order valence-electron chi connectivity index (χ4n) is 2.87. The van der Waals surface area contributed by atoms with Crippen molar-refractivity contribution in [2.75, 3.05) is 12.3 Å². The molecule has 0 spiro atoms. The second-order valence-electron chi connectivity index (χ2n) is 5.86. The molecule has 0 saturated carbocycles. The predicted octanol–water partition coefficient (Wildman–Crippen LogP) is 2.58. The standard InChI is InChI=1S/C18H14FN5O2S/c19-12-5-3-6-13(11-12)24-18(20-21-22-24)27-10-4-9-23-16(25)14-7-1-2-8-15(14)17(23)26/h1-3,5-8,11H,4,9-10H2. The Hall–Kier alpha value is -3.07. The number of thioether (sulfide) groups is 1. The lowest BCUT2D eigenvalue weighted by Gasteiger charge is -2.13. The van der Waals surface area contributed by atoms with Gasteiger partial charge in [-0.2, -0.15) is 4.68 Å². The number of hydrogen-bond donors (Lipinski definition) is 0. The molecule has 9 heteroatoms. The van der Waals surface area contributed by atoms with Crippen LogP contribution >= 0.6 is 11.8 Å². The Morgan fingerprint density at radius 3 is 2.44 bits per heavy atom. The van der Waals surface area contributed by atoms with Gasteiger partial charge in [0, 0.05) is 12.3 Å². The number of halogens is 1. The first-order chi connectivity index (χ1) is 13.1. The number of carbonyl (C=O) groups excluding carboxylic acids is 2. The van der Waals surface area contributed by atoms with Crippen molar-refractivity contribution in [3.8, 4) is 5.69 Å². The summed E-state index contributed by atoms with van der Waals surface area (Å²) < 4.78 is 14.9. The molecule has 0 atom stereocenters. The molecule has 0 N–H and O–H groups in total. The molecule has 2 amide bonds. The van der Waals surface area contributed by atoms with Crippen molar-refractivity contribution in [1.29, 1.82) is 0 Å². The number of amides is 2. The maximum absolute atomic E-state index is 13.4. The third kappa shape index (κ3) is 3.33. The lowest BCUT2D eigenvalue weighted by molar-refractivity contribution is 0.0655. The van der Waals surface area contributed by atoms with Crippen LogP contribution in [0.5, 0.6) is 0 Å². The van der Waals surface area contributed by atoms with E-state index in [9.17, 15) is 14.0 Å². The van der Waals surface area contributed by atoms with Crippen LogP contribution in [0.25, 0.3) is 5.69 Å². The summed E-state index contributed by atoms with van der Waals surface area (Å²) in [5.74, 6) is -0.289. The van der Waals surface area contributed by atoms with Crippen LogP contribution in [-0.4, -0.2) is 49.2 Å². The summed E-state index contributed by atoms with van der Waals surface area (Å²) in [7, 11) is 0. The van der Waals surface area contributed by atoms with E-state index in [-0.39, 0.29) is 17.6 Å². The molecule has 0 aliphatic carbocycles. The van der Waals surface area contributed by atoms with E-state index < -0.39 is 0 Å². The molecule has 136 valence electrons.